The third kappa shape index (κ3) is 3.40. The van der Waals surface area contributed by atoms with E-state index in [2.05, 4.69) is 26.8 Å². The number of aromatic nitrogens is 2. The zero-order chi connectivity index (χ0) is 18.0. The molecule has 1 spiro atoms. The number of rotatable bonds is 2. The number of carbonyl (C=O) groups is 1. The van der Waals surface area contributed by atoms with E-state index in [-0.39, 0.29) is 5.91 Å². The molecule has 0 aliphatic carbocycles. The molecule has 2 aliphatic rings. The van der Waals surface area contributed by atoms with Gasteiger partial charge in [-0.15, -0.1) is 0 Å². The van der Waals surface area contributed by atoms with Gasteiger partial charge in [0.05, 0.1) is 5.56 Å². The summed E-state index contributed by atoms with van der Waals surface area (Å²) in [5, 5.41) is 0. The Bertz CT molecular complexity index is 747. The van der Waals surface area contributed by atoms with Gasteiger partial charge in [0, 0.05) is 31.0 Å². The molecule has 1 amide bonds. The Hall–Kier alpha value is -2.14. The summed E-state index contributed by atoms with van der Waals surface area (Å²) in [6.45, 7) is 4.11. The van der Waals surface area contributed by atoms with Crippen molar-refractivity contribution in [1.82, 2.24) is 19.8 Å². The Morgan fingerprint density at radius 2 is 1.85 bits per heavy atom. The molecule has 4 rings (SSSR count). The van der Waals surface area contributed by atoms with Crippen LogP contribution < -0.4 is 0 Å². The van der Waals surface area contributed by atoms with Crippen LogP contribution in [0.3, 0.4) is 0 Å². The molecule has 138 valence electrons. The summed E-state index contributed by atoms with van der Waals surface area (Å²) in [6, 6.07) is 7.80. The predicted octanol–water partition coefficient (Wildman–Crippen LogP) is 3.41. The fourth-order valence-electron chi connectivity index (χ4n) is 4.51. The lowest BCUT2D eigenvalue weighted by Gasteiger charge is -2.40. The number of hydrogen-bond donors (Lipinski definition) is 1. The number of imidazole rings is 1. The number of benzene rings is 1. The van der Waals surface area contributed by atoms with Crippen molar-refractivity contribution in [1.29, 1.82) is 0 Å². The zero-order valence-electron chi connectivity index (χ0n) is 15.6. The van der Waals surface area contributed by atoms with Crippen LogP contribution in [0.4, 0.5) is 0 Å². The molecule has 0 unspecified atom stereocenters. The Labute approximate surface area is 155 Å². The largest absolute Gasteiger partial charge is 0.345 e. The topological polar surface area (TPSA) is 52.2 Å². The van der Waals surface area contributed by atoms with Gasteiger partial charge in [-0.2, -0.15) is 0 Å². The van der Waals surface area contributed by atoms with Crippen molar-refractivity contribution >= 4 is 5.91 Å². The minimum Gasteiger partial charge on any atom is -0.345 e. The third-order valence-electron chi connectivity index (χ3n) is 6.29. The Kier molecular flexibility index (Phi) is 4.81. The fourth-order valence-corrected chi connectivity index (χ4v) is 4.51. The quantitative estimate of drug-likeness (QED) is 0.901. The molecule has 2 aliphatic heterocycles. The molecule has 2 saturated heterocycles. The van der Waals surface area contributed by atoms with E-state index in [1.54, 1.807) is 12.4 Å². The molecule has 0 radical (unpaired) electrons. The lowest BCUT2D eigenvalue weighted by Crippen LogP contribution is -2.39. The molecule has 1 aromatic heterocycles. The van der Waals surface area contributed by atoms with Crippen molar-refractivity contribution in [3.63, 3.8) is 0 Å². The smallest absolute Gasteiger partial charge is 0.254 e. The highest BCUT2D eigenvalue weighted by molar-refractivity contribution is 6.00. The second kappa shape index (κ2) is 7.23. The number of H-pyrrole nitrogens is 1. The number of aromatic amines is 1. The average Bonchev–Trinajstić information content (AvgIpc) is 3.13. The molecule has 2 aromatic rings. The van der Waals surface area contributed by atoms with E-state index in [9.17, 15) is 4.79 Å². The van der Waals surface area contributed by atoms with Crippen LogP contribution in [0, 0.1) is 5.41 Å². The Balaban J connectivity index is 1.51. The van der Waals surface area contributed by atoms with Gasteiger partial charge in [-0.05, 0) is 63.7 Å². The first-order valence-electron chi connectivity index (χ1n) is 9.74. The van der Waals surface area contributed by atoms with Crippen molar-refractivity contribution in [2.45, 2.75) is 32.1 Å². The summed E-state index contributed by atoms with van der Waals surface area (Å²) in [5.74, 6) is 0.900. The van der Waals surface area contributed by atoms with Crippen molar-refractivity contribution in [2.24, 2.45) is 5.41 Å². The first-order valence-corrected chi connectivity index (χ1v) is 9.74. The van der Waals surface area contributed by atoms with Crippen LogP contribution in [0.25, 0.3) is 11.4 Å². The maximum absolute atomic E-state index is 13.3. The number of nitrogens with one attached hydrogen (secondary N) is 1. The highest BCUT2D eigenvalue weighted by atomic mass is 16.2. The molecular formula is C21H28N4O. The second-order valence-electron chi connectivity index (χ2n) is 7.93. The lowest BCUT2D eigenvalue weighted by atomic mass is 9.73. The van der Waals surface area contributed by atoms with Crippen LogP contribution in [0.2, 0.25) is 0 Å². The van der Waals surface area contributed by atoms with Gasteiger partial charge >= 0.3 is 0 Å². The van der Waals surface area contributed by atoms with Crippen LogP contribution >= 0.6 is 0 Å². The van der Waals surface area contributed by atoms with Gasteiger partial charge < -0.3 is 14.8 Å². The van der Waals surface area contributed by atoms with Crippen LogP contribution in [-0.4, -0.2) is 58.9 Å². The molecular weight excluding hydrogens is 324 g/mol. The van der Waals surface area contributed by atoms with E-state index in [4.69, 9.17) is 0 Å². The maximum atomic E-state index is 13.3. The number of nitrogens with zero attached hydrogens (tertiary/aromatic N) is 3. The zero-order valence-corrected chi connectivity index (χ0v) is 15.6. The Morgan fingerprint density at radius 1 is 1.08 bits per heavy atom. The highest BCUT2D eigenvalue weighted by Gasteiger charge is 2.36. The number of carbonyl (C=O) groups excluding carboxylic acids is 1. The lowest BCUT2D eigenvalue weighted by molar-refractivity contribution is 0.0735. The van der Waals surface area contributed by atoms with Crippen molar-refractivity contribution < 1.29 is 4.79 Å². The molecule has 3 heterocycles. The summed E-state index contributed by atoms with van der Waals surface area (Å²) in [6.07, 6.45) is 9.57. The monoisotopic (exact) mass is 352 g/mol. The SMILES string of the molecule is CN1CCC2(CCCN(C(=O)c3ccccc3-c3ncc[nH]3)CC2)CC1. The molecule has 5 nitrogen and oxygen atoms in total. The summed E-state index contributed by atoms with van der Waals surface area (Å²) < 4.78 is 0. The van der Waals surface area contributed by atoms with Crippen LogP contribution in [0.1, 0.15) is 42.5 Å². The second-order valence-corrected chi connectivity index (χ2v) is 7.93. The van der Waals surface area contributed by atoms with Gasteiger partial charge in [0.25, 0.3) is 5.91 Å². The van der Waals surface area contributed by atoms with Gasteiger partial charge in [-0.25, -0.2) is 4.98 Å². The molecule has 5 heteroatoms. The summed E-state index contributed by atoms with van der Waals surface area (Å²) in [4.78, 5) is 25.2. The molecule has 0 atom stereocenters. The molecule has 0 bridgehead atoms. The predicted molar refractivity (Wildman–Crippen MR) is 103 cm³/mol. The maximum Gasteiger partial charge on any atom is 0.254 e. The molecule has 2 fully saturated rings. The normalized spacial score (nSPS) is 20.9. The summed E-state index contributed by atoms with van der Waals surface area (Å²) in [5.41, 5.74) is 2.09. The van der Waals surface area contributed by atoms with Gasteiger partial charge in [0.15, 0.2) is 0 Å². The Morgan fingerprint density at radius 3 is 2.62 bits per heavy atom. The van der Waals surface area contributed by atoms with E-state index in [1.165, 1.54) is 32.4 Å². The summed E-state index contributed by atoms with van der Waals surface area (Å²) >= 11 is 0. The first-order chi connectivity index (χ1) is 12.7. The van der Waals surface area contributed by atoms with Crippen molar-refractivity contribution in [2.75, 3.05) is 33.2 Å². The molecule has 0 saturated carbocycles. The minimum atomic E-state index is 0.141. The van der Waals surface area contributed by atoms with E-state index < -0.39 is 0 Å². The van der Waals surface area contributed by atoms with Crippen LogP contribution in [0.5, 0.6) is 0 Å². The van der Waals surface area contributed by atoms with Gasteiger partial charge in [0.1, 0.15) is 5.82 Å². The number of piperidine rings is 1. The van der Waals surface area contributed by atoms with Crippen molar-refractivity contribution in [3.05, 3.63) is 42.2 Å². The molecule has 26 heavy (non-hydrogen) atoms. The van der Waals surface area contributed by atoms with Gasteiger partial charge in [0.2, 0.25) is 0 Å². The van der Waals surface area contributed by atoms with E-state index in [0.717, 1.165) is 42.9 Å². The van der Waals surface area contributed by atoms with E-state index >= 15 is 0 Å². The van der Waals surface area contributed by atoms with E-state index in [1.807, 2.05) is 24.3 Å². The van der Waals surface area contributed by atoms with Gasteiger partial charge in [-0.1, -0.05) is 18.2 Å². The van der Waals surface area contributed by atoms with Gasteiger partial charge in [-0.3, -0.25) is 4.79 Å². The van der Waals surface area contributed by atoms with E-state index in [0.29, 0.717) is 5.41 Å². The minimum absolute atomic E-state index is 0.141. The summed E-state index contributed by atoms with van der Waals surface area (Å²) in [7, 11) is 2.21. The van der Waals surface area contributed by atoms with Crippen LogP contribution in [-0.2, 0) is 0 Å². The third-order valence-corrected chi connectivity index (χ3v) is 6.29. The molecule has 1 aromatic carbocycles. The molecule has 1 N–H and O–H groups in total. The fraction of sp³-hybridized carbons (Fsp3) is 0.524. The van der Waals surface area contributed by atoms with Crippen LogP contribution in [0.15, 0.2) is 36.7 Å². The number of amides is 1. The number of likely N-dealkylation sites (tertiary alicyclic amines) is 2. The number of hydrogen-bond acceptors (Lipinski definition) is 3. The first kappa shape index (κ1) is 17.3. The van der Waals surface area contributed by atoms with Crippen molar-refractivity contribution in [3.8, 4) is 11.4 Å². The highest BCUT2D eigenvalue weighted by Crippen LogP contribution is 2.41. The average molecular weight is 352 g/mol. The standard InChI is InChI=1S/C21H28N4O/c1-24-14-8-21(9-15-24)7-4-13-25(16-10-21)20(26)18-6-3-2-5-17(18)19-22-11-12-23-19/h2-3,5-6,11-12H,4,7-10,13-16H2,1H3,(H,22,23).